The first kappa shape index (κ1) is 24.3. The molecule has 10 nitrogen and oxygen atoms in total. The zero-order valence-electron chi connectivity index (χ0n) is 21.1. The van der Waals surface area contributed by atoms with Gasteiger partial charge >= 0.3 is 0 Å². The summed E-state index contributed by atoms with van der Waals surface area (Å²) in [5, 5.41) is 14.0. The Labute approximate surface area is 220 Å². The molecule has 0 aromatic carbocycles. The van der Waals surface area contributed by atoms with Crippen molar-refractivity contribution in [3.05, 3.63) is 29.5 Å². The van der Waals surface area contributed by atoms with E-state index in [0.717, 1.165) is 72.6 Å². The number of amides is 1. The molecule has 0 spiro atoms. The molecule has 0 bridgehead atoms. The van der Waals surface area contributed by atoms with Gasteiger partial charge in [-0.1, -0.05) is 17.4 Å². The number of nitrogens with zero attached hydrogens (tertiary/aromatic N) is 6. The summed E-state index contributed by atoms with van der Waals surface area (Å²) in [6.07, 6.45) is 3.77. The van der Waals surface area contributed by atoms with Crippen LogP contribution in [0.5, 0.6) is 0 Å². The van der Waals surface area contributed by atoms with Crippen molar-refractivity contribution in [1.82, 2.24) is 15.0 Å². The lowest BCUT2D eigenvalue weighted by molar-refractivity contribution is 0.102. The molecule has 196 valence electrons. The number of carbonyl (C=O) groups excluding carboxylic acids is 1. The number of hydrogen-bond donors (Lipinski definition) is 2. The minimum Gasteiger partial charge on any atom is -0.391 e. The summed E-state index contributed by atoms with van der Waals surface area (Å²) in [7, 11) is 0. The molecular formula is C26H33N7O3S. The predicted octanol–water partition coefficient (Wildman–Crippen LogP) is 3.04. The fraction of sp³-hybridized carbons (Fsp3) is 0.538. The molecule has 1 amide bonds. The Balaban J connectivity index is 1.32. The molecule has 0 saturated carbocycles. The van der Waals surface area contributed by atoms with E-state index in [1.54, 1.807) is 17.4 Å². The predicted molar refractivity (Wildman–Crippen MR) is 146 cm³/mol. The summed E-state index contributed by atoms with van der Waals surface area (Å²) >= 11 is 1.60. The number of carbonyl (C=O) groups is 1. The molecule has 6 heterocycles. The quantitative estimate of drug-likeness (QED) is 0.522. The Morgan fingerprint density at radius 1 is 1.00 bits per heavy atom. The van der Waals surface area contributed by atoms with Crippen molar-refractivity contribution in [2.24, 2.45) is 0 Å². The Morgan fingerprint density at radius 2 is 1.81 bits per heavy atom. The van der Waals surface area contributed by atoms with E-state index in [0.29, 0.717) is 43.2 Å². The number of aliphatic hydroxyl groups excluding tert-OH is 1. The van der Waals surface area contributed by atoms with Gasteiger partial charge in [0.2, 0.25) is 0 Å². The van der Waals surface area contributed by atoms with Gasteiger partial charge in [0.1, 0.15) is 11.5 Å². The number of morpholine rings is 1. The van der Waals surface area contributed by atoms with Gasteiger partial charge in [-0.2, -0.15) is 4.98 Å². The van der Waals surface area contributed by atoms with Gasteiger partial charge in [0.05, 0.1) is 29.7 Å². The molecule has 6 rings (SSSR count). The second kappa shape index (κ2) is 10.4. The van der Waals surface area contributed by atoms with Crippen molar-refractivity contribution < 1.29 is 14.6 Å². The van der Waals surface area contributed by atoms with Crippen LogP contribution in [0.1, 0.15) is 41.7 Å². The van der Waals surface area contributed by atoms with Crippen molar-refractivity contribution in [2.45, 2.75) is 38.7 Å². The van der Waals surface area contributed by atoms with Crippen LogP contribution in [0.4, 0.5) is 22.5 Å². The number of ether oxygens (including phenoxy) is 1. The minimum atomic E-state index is -0.356. The highest BCUT2D eigenvalue weighted by molar-refractivity contribution is 7.22. The number of thiazole rings is 1. The first-order valence-electron chi connectivity index (χ1n) is 13.2. The third kappa shape index (κ3) is 5.07. The molecule has 3 aliphatic rings. The van der Waals surface area contributed by atoms with E-state index in [2.05, 4.69) is 15.1 Å². The molecule has 0 radical (unpaired) electrons. The lowest BCUT2D eigenvalue weighted by atomic mass is 10.1. The SMILES string of the molecule is Cc1ccc(C(=O)Nc2cc3sc(N4CCOCC4)nc3nc2N2CCCCC2)nc1N1CC[C@H](O)C1. The Bertz CT molecular complexity index is 1290. The third-order valence-corrected chi connectivity index (χ3v) is 8.35. The van der Waals surface area contributed by atoms with Gasteiger partial charge in [0.15, 0.2) is 16.6 Å². The maximum absolute atomic E-state index is 13.5. The number of anilines is 4. The van der Waals surface area contributed by atoms with Gasteiger partial charge in [-0.25, -0.2) is 9.97 Å². The first-order valence-corrected chi connectivity index (χ1v) is 14.0. The highest BCUT2D eigenvalue weighted by atomic mass is 32.1. The zero-order chi connectivity index (χ0) is 25.4. The van der Waals surface area contributed by atoms with Crippen LogP contribution in [0.25, 0.3) is 10.3 Å². The standard InChI is InChI=1S/C26H33N7O3S/c1-17-5-6-19(27-23(17)33-10-7-18(34)16-33)25(35)28-20-15-21-22(29-24(20)31-8-3-2-4-9-31)30-26(37-21)32-11-13-36-14-12-32/h5-6,15,18,34H,2-4,7-14,16H2,1H3,(H,28,35)/t18-/m0/s1. The number of hydrogen-bond acceptors (Lipinski definition) is 10. The zero-order valence-corrected chi connectivity index (χ0v) is 22.0. The van der Waals surface area contributed by atoms with Crippen molar-refractivity contribution >= 4 is 50.0 Å². The van der Waals surface area contributed by atoms with E-state index >= 15 is 0 Å². The van der Waals surface area contributed by atoms with E-state index in [-0.39, 0.29) is 12.0 Å². The molecule has 0 aliphatic carbocycles. The van der Waals surface area contributed by atoms with Gasteiger partial charge in [0, 0.05) is 39.3 Å². The first-order chi connectivity index (χ1) is 18.0. The summed E-state index contributed by atoms with van der Waals surface area (Å²) in [6.45, 7) is 8.11. The Kier molecular flexibility index (Phi) is 6.83. The van der Waals surface area contributed by atoms with Crippen molar-refractivity contribution in [1.29, 1.82) is 0 Å². The number of nitrogens with one attached hydrogen (secondary N) is 1. The second-order valence-electron chi connectivity index (χ2n) is 10.0. The van der Waals surface area contributed by atoms with Crippen LogP contribution >= 0.6 is 11.3 Å². The van der Waals surface area contributed by atoms with Crippen molar-refractivity contribution in [3.63, 3.8) is 0 Å². The van der Waals surface area contributed by atoms with Crippen LogP contribution in [0.2, 0.25) is 0 Å². The lowest BCUT2D eigenvalue weighted by Crippen LogP contribution is -2.36. The molecule has 37 heavy (non-hydrogen) atoms. The summed E-state index contributed by atoms with van der Waals surface area (Å²) in [6, 6.07) is 5.70. The van der Waals surface area contributed by atoms with E-state index in [4.69, 9.17) is 19.7 Å². The van der Waals surface area contributed by atoms with E-state index in [1.807, 2.05) is 24.0 Å². The summed E-state index contributed by atoms with van der Waals surface area (Å²) in [5.41, 5.74) is 2.75. The summed E-state index contributed by atoms with van der Waals surface area (Å²) in [4.78, 5) is 34.5. The normalized spacial score (nSPS) is 20.6. The fourth-order valence-electron chi connectivity index (χ4n) is 5.26. The summed E-state index contributed by atoms with van der Waals surface area (Å²) in [5.74, 6) is 1.26. The van der Waals surface area contributed by atoms with Crippen LogP contribution in [0.15, 0.2) is 18.2 Å². The molecule has 3 aliphatic heterocycles. The largest absolute Gasteiger partial charge is 0.391 e. The number of β-amino-alcohol motifs (C(OH)–C–C–N with tert-alkyl or cyclic N) is 1. The molecule has 3 aromatic heterocycles. The maximum atomic E-state index is 13.5. The molecule has 3 aromatic rings. The number of aliphatic hydroxyl groups is 1. The average molecular weight is 524 g/mol. The van der Waals surface area contributed by atoms with Gasteiger partial charge in [0.25, 0.3) is 5.91 Å². The summed E-state index contributed by atoms with van der Waals surface area (Å²) < 4.78 is 6.44. The van der Waals surface area contributed by atoms with Crippen molar-refractivity contribution in [3.8, 4) is 0 Å². The van der Waals surface area contributed by atoms with Gasteiger partial charge in [-0.15, -0.1) is 0 Å². The molecule has 0 unspecified atom stereocenters. The molecule has 11 heteroatoms. The van der Waals surface area contributed by atoms with Crippen LogP contribution < -0.4 is 20.0 Å². The van der Waals surface area contributed by atoms with Gasteiger partial charge in [-0.05, 0) is 50.3 Å². The van der Waals surface area contributed by atoms with Crippen LogP contribution in [-0.2, 0) is 4.74 Å². The smallest absolute Gasteiger partial charge is 0.274 e. The van der Waals surface area contributed by atoms with E-state index < -0.39 is 0 Å². The van der Waals surface area contributed by atoms with Crippen LogP contribution in [-0.4, -0.2) is 84.6 Å². The fourth-order valence-corrected chi connectivity index (χ4v) is 6.26. The van der Waals surface area contributed by atoms with E-state index in [9.17, 15) is 9.90 Å². The lowest BCUT2D eigenvalue weighted by Gasteiger charge is -2.29. The maximum Gasteiger partial charge on any atom is 0.274 e. The number of fused-ring (bicyclic) bond motifs is 1. The topological polar surface area (TPSA) is 107 Å². The number of pyridine rings is 2. The molecule has 2 N–H and O–H groups in total. The Hall–Kier alpha value is -3.02. The van der Waals surface area contributed by atoms with Crippen LogP contribution in [0.3, 0.4) is 0 Å². The average Bonchev–Trinajstić information content (AvgIpc) is 3.55. The number of piperidine rings is 1. The molecular weight excluding hydrogens is 490 g/mol. The Morgan fingerprint density at radius 3 is 2.57 bits per heavy atom. The number of rotatable bonds is 5. The highest BCUT2D eigenvalue weighted by Gasteiger charge is 2.25. The van der Waals surface area contributed by atoms with Gasteiger partial charge in [-0.3, -0.25) is 4.79 Å². The molecule has 3 fully saturated rings. The number of aromatic nitrogens is 3. The molecule has 1 atom stereocenters. The van der Waals surface area contributed by atoms with E-state index in [1.165, 1.54) is 6.42 Å². The monoisotopic (exact) mass is 523 g/mol. The van der Waals surface area contributed by atoms with Crippen LogP contribution in [0, 0.1) is 6.92 Å². The van der Waals surface area contributed by atoms with Gasteiger partial charge < -0.3 is 29.9 Å². The highest BCUT2D eigenvalue weighted by Crippen LogP contribution is 2.36. The second-order valence-corrected chi connectivity index (χ2v) is 11.0. The third-order valence-electron chi connectivity index (χ3n) is 7.30. The number of aryl methyl sites for hydroxylation is 1. The molecule has 3 saturated heterocycles. The van der Waals surface area contributed by atoms with Crippen molar-refractivity contribution in [2.75, 3.05) is 72.5 Å². The minimum absolute atomic E-state index is 0.265.